The highest BCUT2D eigenvalue weighted by Crippen LogP contribution is 2.10. The number of carbonyl (C=O) groups excluding carboxylic acids is 1. The molecule has 3 N–H and O–H groups in total. The van der Waals surface area contributed by atoms with E-state index in [-0.39, 0.29) is 18.0 Å². The van der Waals surface area contributed by atoms with Crippen LogP contribution in [0.2, 0.25) is 0 Å². The van der Waals surface area contributed by atoms with Gasteiger partial charge >= 0.3 is 12.0 Å². The Bertz CT molecular complexity index is 433. The SMILES string of the molecule is CC(C)(C)NC(=O)Nc1ccc(CC(=O)O)cc1. The monoisotopic (exact) mass is 250 g/mol. The summed E-state index contributed by atoms with van der Waals surface area (Å²) in [5.41, 5.74) is 1.03. The van der Waals surface area contributed by atoms with Crippen LogP contribution in [-0.2, 0) is 11.2 Å². The lowest BCUT2D eigenvalue weighted by atomic mass is 10.1. The second-order valence-electron chi connectivity index (χ2n) is 5.10. The van der Waals surface area contributed by atoms with Gasteiger partial charge in [0.05, 0.1) is 6.42 Å². The Balaban J connectivity index is 2.58. The molecule has 18 heavy (non-hydrogen) atoms. The van der Waals surface area contributed by atoms with Crippen LogP contribution in [0.3, 0.4) is 0 Å². The van der Waals surface area contributed by atoms with Crippen LogP contribution in [0, 0.1) is 0 Å². The number of hydrogen-bond acceptors (Lipinski definition) is 2. The van der Waals surface area contributed by atoms with E-state index in [2.05, 4.69) is 10.6 Å². The van der Waals surface area contributed by atoms with Crippen LogP contribution >= 0.6 is 0 Å². The third kappa shape index (κ3) is 5.34. The molecule has 0 aliphatic rings. The number of benzene rings is 1. The molecule has 0 unspecified atom stereocenters. The maximum Gasteiger partial charge on any atom is 0.319 e. The topological polar surface area (TPSA) is 78.4 Å². The summed E-state index contributed by atoms with van der Waals surface area (Å²) < 4.78 is 0. The molecule has 0 aromatic heterocycles. The van der Waals surface area contributed by atoms with Crippen LogP contribution in [0.15, 0.2) is 24.3 Å². The normalized spacial score (nSPS) is 10.8. The zero-order chi connectivity index (χ0) is 13.8. The van der Waals surface area contributed by atoms with E-state index in [1.165, 1.54) is 0 Å². The second kappa shape index (κ2) is 5.53. The van der Waals surface area contributed by atoms with Crippen LogP contribution in [-0.4, -0.2) is 22.6 Å². The van der Waals surface area contributed by atoms with E-state index in [4.69, 9.17) is 5.11 Å². The van der Waals surface area contributed by atoms with E-state index in [1.807, 2.05) is 20.8 Å². The van der Waals surface area contributed by atoms with Crippen LogP contribution in [0.25, 0.3) is 0 Å². The molecule has 0 radical (unpaired) electrons. The molecule has 5 heteroatoms. The van der Waals surface area contributed by atoms with Gasteiger partial charge in [0.1, 0.15) is 0 Å². The van der Waals surface area contributed by atoms with Crippen LogP contribution in [0.5, 0.6) is 0 Å². The fourth-order valence-electron chi connectivity index (χ4n) is 1.38. The van der Waals surface area contributed by atoms with Crippen LogP contribution < -0.4 is 10.6 Å². The van der Waals surface area contributed by atoms with Crippen molar-refractivity contribution >= 4 is 17.7 Å². The summed E-state index contributed by atoms with van der Waals surface area (Å²) in [4.78, 5) is 22.1. The molecule has 1 aromatic rings. The predicted molar refractivity (Wildman–Crippen MR) is 69.7 cm³/mol. The van der Waals surface area contributed by atoms with E-state index in [9.17, 15) is 9.59 Å². The summed E-state index contributed by atoms with van der Waals surface area (Å²) >= 11 is 0. The van der Waals surface area contributed by atoms with Gasteiger partial charge in [-0.15, -0.1) is 0 Å². The van der Waals surface area contributed by atoms with Crippen molar-refractivity contribution in [1.82, 2.24) is 5.32 Å². The van der Waals surface area contributed by atoms with Crippen molar-refractivity contribution in [3.05, 3.63) is 29.8 Å². The molecule has 5 nitrogen and oxygen atoms in total. The minimum Gasteiger partial charge on any atom is -0.481 e. The minimum absolute atomic E-state index is 0.0194. The first-order valence-corrected chi connectivity index (χ1v) is 5.66. The minimum atomic E-state index is -0.874. The maximum absolute atomic E-state index is 11.6. The first-order valence-electron chi connectivity index (χ1n) is 5.66. The van der Waals surface area contributed by atoms with Crippen molar-refractivity contribution in [3.8, 4) is 0 Å². The number of amides is 2. The predicted octanol–water partition coefficient (Wildman–Crippen LogP) is 2.23. The number of carboxylic acid groups (broad SMARTS) is 1. The zero-order valence-electron chi connectivity index (χ0n) is 10.8. The molecule has 0 atom stereocenters. The Morgan fingerprint density at radius 2 is 1.72 bits per heavy atom. The standard InChI is InChI=1S/C13H18N2O3/c1-13(2,3)15-12(18)14-10-6-4-9(5-7-10)8-11(16)17/h4-7H,8H2,1-3H3,(H,16,17)(H2,14,15,18). The lowest BCUT2D eigenvalue weighted by Gasteiger charge is -2.20. The highest BCUT2D eigenvalue weighted by Gasteiger charge is 2.13. The summed E-state index contributed by atoms with van der Waals surface area (Å²) in [5, 5.41) is 14.1. The van der Waals surface area contributed by atoms with Crippen LogP contribution in [0.4, 0.5) is 10.5 Å². The molecular formula is C13H18N2O3. The molecule has 1 aromatic carbocycles. The summed E-state index contributed by atoms with van der Waals surface area (Å²) in [6.07, 6.45) is -0.0194. The van der Waals surface area contributed by atoms with Gasteiger partial charge < -0.3 is 15.7 Å². The molecule has 2 amide bonds. The molecule has 0 aliphatic carbocycles. The number of hydrogen-bond donors (Lipinski definition) is 3. The number of carboxylic acids is 1. The largest absolute Gasteiger partial charge is 0.481 e. The number of urea groups is 1. The molecule has 0 saturated heterocycles. The molecule has 0 aliphatic heterocycles. The molecule has 0 bridgehead atoms. The second-order valence-corrected chi connectivity index (χ2v) is 5.10. The third-order valence-corrected chi connectivity index (χ3v) is 2.06. The van der Waals surface area contributed by atoms with Gasteiger partial charge in [0.15, 0.2) is 0 Å². The fraction of sp³-hybridized carbons (Fsp3) is 0.385. The number of nitrogens with one attached hydrogen (secondary N) is 2. The molecule has 0 fully saturated rings. The Kier molecular flexibility index (Phi) is 4.31. The van der Waals surface area contributed by atoms with Crippen molar-refractivity contribution in [2.24, 2.45) is 0 Å². The van der Waals surface area contributed by atoms with E-state index in [0.29, 0.717) is 11.3 Å². The fourth-order valence-corrected chi connectivity index (χ4v) is 1.38. The number of anilines is 1. The van der Waals surface area contributed by atoms with Gasteiger partial charge in [0.25, 0.3) is 0 Å². The first-order chi connectivity index (χ1) is 8.26. The summed E-state index contributed by atoms with van der Waals surface area (Å²) in [5.74, 6) is -0.874. The van der Waals surface area contributed by atoms with Gasteiger partial charge in [-0.3, -0.25) is 4.79 Å². The van der Waals surface area contributed by atoms with E-state index < -0.39 is 5.97 Å². The van der Waals surface area contributed by atoms with E-state index in [0.717, 1.165) is 0 Å². The number of carbonyl (C=O) groups is 2. The van der Waals surface area contributed by atoms with Crippen molar-refractivity contribution in [2.75, 3.05) is 5.32 Å². The Morgan fingerprint density at radius 3 is 2.17 bits per heavy atom. The van der Waals surface area contributed by atoms with Crippen molar-refractivity contribution in [3.63, 3.8) is 0 Å². The van der Waals surface area contributed by atoms with E-state index in [1.54, 1.807) is 24.3 Å². The molecule has 98 valence electrons. The average Bonchev–Trinajstić information content (AvgIpc) is 2.17. The van der Waals surface area contributed by atoms with Crippen molar-refractivity contribution in [1.29, 1.82) is 0 Å². The Hall–Kier alpha value is -2.04. The molecule has 1 rings (SSSR count). The Labute approximate surface area is 106 Å². The first kappa shape index (κ1) is 14.0. The number of rotatable bonds is 3. The van der Waals surface area contributed by atoms with Crippen molar-refractivity contribution in [2.45, 2.75) is 32.7 Å². The summed E-state index contributed by atoms with van der Waals surface area (Å²) in [6, 6.07) is 6.44. The average molecular weight is 250 g/mol. The van der Waals surface area contributed by atoms with Gasteiger partial charge in [-0.25, -0.2) is 4.79 Å². The third-order valence-electron chi connectivity index (χ3n) is 2.06. The summed E-state index contributed by atoms with van der Waals surface area (Å²) in [7, 11) is 0. The lowest BCUT2D eigenvalue weighted by molar-refractivity contribution is -0.136. The smallest absolute Gasteiger partial charge is 0.319 e. The maximum atomic E-state index is 11.6. The molecular weight excluding hydrogens is 232 g/mol. The number of aliphatic carboxylic acids is 1. The summed E-state index contributed by atoms with van der Waals surface area (Å²) in [6.45, 7) is 5.67. The van der Waals surface area contributed by atoms with Gasteiger partial charge in [-0.05, 0) is 38.5 Å². The van der Waals surface area contributed by atoms with Gasteiger partial charge in [0, 0.05) is 11.2 Å². The highest BCUT2D eigenvalue weighted by molar-refractivity contribution is 5.89. The Morgan fingerprint density at radius 1 is 1.17 bits per heavy atom. The van der Waals surface area contributed by atoms with Crippen molar-refractivity contribution < 1.29 is 14.7 Å². The zero-order valence-corrected chi connectivity index (χ0v) is 10.8. The lowest BCUT2D eigenvalue weighted by Crippen LogP contribution is -2.43. The molecule has 0 saturated carbocycles. The molecule has 0 heterocycles. The highest BCUT2D eigenvalue weighted by atomic mass is 16.4. The van der Waals surface area contributed by atoms with Crippen LogP contribution in [0.1, 0.15) is 26.3 Å². The van der Waals surface area contributed by atoms with Gasteiger partial charge in [-0.1, -0.05) is 12.1 Å². The van der Waals surface area contributed by atoms with Gasteiger partial charge in [0.2, 0.25) is 0 Å². The quantitative estimate of drug-likeness (QED) is 0.769. The molecule has 0 spiro atoms. The van der Waals surface area contributed by atoms with Gasteiger partial charge in [-0.2, -0.15) is 0 Å². The van der Waals surface area contributed by atoms with E-state index >= 15 is 0 Å².